The number of amides is 1. The molecule has 2 rings (SSSR count). The van der Waals surface area contributed by atoms with Crippen molar-refractivity contribution >= 4 is 31.9 Å². The number of halogens is 1. The summed E-state index contributed by atoms with van der Waals surface area (Å²) in [5.41, 5.74) is 0.491. The standard InChI is InChI=1S/C15H21BrN2O4S/c1-11-9-18(10-12(2)22-11)23(20,21)7-6-17-15(19)13-4-3-5-14(16)8-13/h3-5,8,11-12H,6-7,9-10H2,1-2H3,(H,17,19)/t11-,12+. The van der Waals surface area contributed by atoms with Crippen LogP contribution in [0, 0.1) is 0 Å². The predicted molar refractivity (Wildman–Crippen MR) is 91.8 cm³/mol. The molecule has 1 fully saturated rings. The molecule has 1 saturated heterocycles. The van der Waals surface area contributed by atoms with Crippen molar-refractivity contribution in [2.45, 2.75) is 26.1 Å². The zero-order valence-electron chi connectivity index (χ0n) is 13.2. The Labute approximate surface area is 145 Å². The van der Waals surface area contributed by atoms with Crippen LogP contribution in [0.2, 0.25) is 0 Å². The molecule has 0 spiro atoms. The van der Waals surface area contributed by atoms with E-state index in [1.165, 1.54) is 4.31 Å². The molecule has 0 aromatic heterocycles. The number of nitrogens with zero attached hydrogens (tertiary/aromatic N) is 1. The van der Waals surface area contributed by atoms with Crippen molar-refractivity contribution in [2.75, 3.05) is 25.4 Å². The van der Waals surface area contributed by atoms with Gasteiger partial charge < -0.3 is 10.1 Å². The fourth-order valence-corrected chi connectivity index (χ4v) is 4.40. The Morgan fingerprint density at radius 3 is 2.61 bits per heavy atom. The maximum absolute atomic E-state index is 12.4. The first-order valence-electron chi connectivity index (χ1n) is 7.45. The smallest absolute Gasteiger partial charge is 0.251 e. The van der Waals surface area contributed by atoms with Crippen LogP contribution in [0.4, 0.5) is 0 Å². The van der Waals surface area contributed by atoms with Gasteiger partial charge in [-0.1, -0.05) is 22.0 Å². The normalized spacial score (nSPS) is 22.7. The highest BCUT2D eigenvalue weighted by molar-refractivity contribution is 9.10. The van der Waals surface area contributed by atoms with E-state index in [0.717, 1.165) is 4.47 Å². The molecule has 0 bridgehead atoms. The molecule has 1 heterocycles. The SMILES string of the molecule is C[C@@H]1CN(S(=O)(=O)CCNC(=O)c2cccc(Br)c2)C[C@H](C)O1. The minimum absolute atomic E-state index is 0.0772. The molecule has 8 heteroatoms. The lowest BCUT2D eigenvalue weighted by Crippen LogP contribution is -2.49. The molecule has 1 amide bonds. The number of nitrogens with one attached hydrogen (secondary N) is 1. The Balaban J connectivity index is 1.88. The largest absolute Gasteiger partial charge is 0.373 e. The van der Waals surface area contributed by atoms with Gasteiger partial charge >= 0.3 is 0 Å². The van der Waals surface area contributed by atoms with Gasteiger partial charge in [0.2, 0.25) is 10.0 Å². The van der Waals surface area contributed by atoms with Gasteiger partial charge in [0.15, 0.2) is 0 Å². The van der Waals surface area contributed by atoms with E-state index in [4.69, 9.17) is 4.74 Å². The minimum atomic E-state index is -3.41. The van der Waals surface area contributed by atoms with Gasteiger partial charge in [-0.25, -0.2) is 8.42 Å². The number of benzene rings is 1. The number of ether oxygens (including phenoxy) is 1. The molecule has 23 heavy (non-hydrogen) atoms. The zero-order valence-corrected chi connectivity index (χ0v) is 15.6. The van der Waals surface area contributed by atoms with E-state index in [0.29, 0.717) is 18.7 Å². The predicted octanol–water partition coefficient (Wildman–Crippen LogP) is 1.62. The van der Waals surface area contributed by atoms with Crippen LogP contribution in [0.25, 0.3) is 0 Å². The number of hydrogen-bond donors (Lipinski definition) is 1. The molecule has 6 nitrogen and oxygen atoms in total. The van der Waals surface area contributed by atoms with Gasteiger partial charge in [0.1, 0.15) is 0 Å². The second-order valence-electron chi connectivity index (χ2n) is 5.66. The van der Waals surface area contributed by atoms with Crippen molar-refractivity contribution in [2.24, 2.45) is 0 Å². The number of carbonyl (C=O) groups is 1. The summed E-state index contributed by atoms with van der Waals surface area (Å²) in [6, 6.07) is 6.95. The van der Waals surface area contributed by atoms with Crippen molar-refractivity contribution < 1.29 is 17.9 Å². The molecule has 2 atom stereocenters. The first-order chi connectivity index (χ1) is 10.8. The molecule has 1 aromatic rings. The molecule has 0 unspecified atom stereocenters. The first-order valence-corrected chi connectivity index (χ1v) is 9.85. The number of carbonyl (C=O) groups excluding carboxylic acids is 1. The number of sulfonamides is 1. The Morgan fingerprint density at radius 1 is 1.35 bits per heavy atom. The maximum atomic E-state index is 12.4. The van der Waals surface area contributed by atoms with Crippen LogP contribution >= 0.6 is 15.9 Å². The van der Waals surface area contributed by atoms with Gasteiger partial charge in [0, 0.05) is 29.7 Å². The van der Waals surface area contributed by atoms with E-state index in [9.17, 15) is 13.2 Å². The number of morpholine rings is 1. The van der Waals surface area contributed by atoms with E-state index in [-0.39, 0.29) is 30.4 Å². The number of rotatable bonds is 5. The molecule has 0 aliphatic carbocycles. The van der Waals surface area contributed by atoms with Crippen molar-refractivity contribution in [3.63, 3.8) is 0 Å². The van der Waals surface area contributed by atoms with Crippen molar-refractivity contribution in [3.8, 4) is 0 Å². The highest BCUT2D eigenvalue weighted by atomic mass is 79.9. The summed E-state index contributed by atoms with van der Waals surface area (Å²) in [6.07, 6.45) is -0.241. The lowest BCUT2D eigenvalue weighted by molar-refractivity contribution is -0.0440. The first kappa shape index (κ1) is 18.4. The fraction of sp³-hybridized carbons (Fsp3) is 0.533. The number of hydrogen-bond acceptors (Lipinski definition) is 4. The molecule has 1 aromatic carbocycles. The van der Waals surface area contributed by atoms with Crippen LogP contribution in [0.3, 0.4) is 0 Å². The average molecular weight is 405 g/mol. The summed E-state index contributed by atoms with van der Waals surface area (Å²) in [6.45, 7) is 4.49. The Bertz CT molecular complexity index is 655. The zero-order chi connectivity index (χ0) is 17.0. The molecule has 1 aliphatic heterocycles. The summed E-state index contributed by atoms with van der Waals surface area (Å²) in [4.78, 5) is 12.0. The van der Waals surface area contributed by atoms with E-state index in [2.05, 4.69) is 21.2 Å². The van der Waals surface area contributed by atoms with Crippen LogP contribution < -0.4 is 5.32 Å². The van der Waals surface area contributed by atoms with E-state index in [1.54, 1.807) is 18.2 Å². The van der Waals surface area contributed by atoms with Gasteiger partial charge in [-0.2, -0.15) is 4.31 Å². The monoisotopic (exact) mass is 404 g/mol. The van der Waals surface area contributed by atoms with Crippen molar-refractivity contribution in [1.29, 1.82) is 0 Å². The summed E-state index contributed by atoms with van der Waals surface area (Å²) in [5, 5.41) is 2.65. The van der Waals surface area contributed by atoms with Gasteiger partial charge in [0.25, 0.3) is 5.91 Å². The highest BCUT2D eigenvalue weighted by Crippen LogP contribution is 2.15. The lowest BCUT2D eigenvalue weighted by Gasteiger charge is -2.34. The topological polar surface area (TPSA) is 75.7 Å². The van der Waals surface area contributed by atoms with Crippen LogP contribution in [-0.4, -0.2) is 56.2 Å². The van der Waals surface area contributed by atoms with Gasteiger partial charge in [-0.15, -0.1) is 0 Å². The minimum Gasteiger partial charge on any atom is -0.373 e. The van der Waals surface area contributed by atoms with Gasteiger partial charge in [-0.3, -0.25) is 4.79 Å². The van der Waals surface area contributed by atoms with Crippen molar-refractivity contribution in [3.05, 3.63) is 34.3 Å². The summed E-state index contributed by atoms with van der Waals surface area (Å²) in [5.74, 6) is -0.406. The van der Waals surface area contributed by atoms with Crippen LogP contribution in [0.1, 0.15) is 24.2 Å². The molecular weight excluding hydrogens is 384 g/mol. The third-order valence-electron chi connectivity index (χ3n) is 3.51. The van der Waals surface area contributed by atoms with Gasteiger partial charge in [0.05, 0.1) is 18.0 Å². The summed E-state index contributed by atoms with van der Waals surface area (Å²) < 4.78 is 32.5. The Hall–Kier alpha value is -0.960. The third kappa shape index (κ3) is 5.27. The molecule has 128 valence electrons. The van der Waals surface area contributed by atoms with Crippen LogP contribution in [0.5, 0.6) is 0 Å². The Morgan fingerprint density at radius 2 is 2.00 bits per heavy atom. The summed E-state index contributed by atoms with van der Waals surface area (Å²) >= 11 is 3.30. The molecule has 0 saturated carbocycles. The van der Waals surface area contributed by atoms with Crippen LogP contribution in [-0.2, 0) is 14.8 Å². The van der Waals surface area contributed by atoms with E-state index < -0.39 is 10.0 Å². The van der Waals surface area contributed by atoms with Crippen LogP contribution in [0.15, 0.2) is 28.7 Å². The molecule has 1 N–H and O–H groups in total. The third-order valence-corrected chi connectivity index (χ3v) is 5.81. The average Bonchev–Trinajstić information content (AvgIpc) is 2.46. The van der Waals surface area contributed by atoms with E-state index >= 15 is 0 Å². The lowest BCUT2D eigenvalue weighted by atomic mass is 10.2. The molecule has 0 radical (unpaired) electrons. The second kappa shape index (κ2) is 7.74. The maximum Gasteiger partial charge on any atom is 0.251 e. The van der Waals surface area contributed by atoms with E-state index in [1.807, 2.05) is 19.9 Å². The fourth-order valence-electron chi connectivity index (χ4n) is 2.51. The highest BCUT2D eigenvalue weighted by Gasteiger charge is 2.30. The summed E-state index contributed by atoms with van der Waals surface area (Å²) in [7, 11) is -3.41. The molecular formula is C15H21BrN2O4S. The van der Waals surface area contributed by atoms with Crippen molar-refractivity contribution in [1.82, 2.24) is 9.62 Å². The Kier molecular flexibility index (Phi) is 6.19. The quantitative estimate of drug-likeness (QED) is 0.808. The second-order valence-corrected chi connectivity index (χ2v) is 8.66. The van der Waals surface area contributed by atoms with Gasteiger partial charge in [-0.05, 0) is 32.0 Å². The molecule has 1 aliphatic rings.